The fourth-order valence-corrected chi connectivity index (χ4v) is 2.20. The van der Waals surface area contributed by atoms with Gasteiger partial charge in [-0.15, -0.1) is 0 Å². The van der Waals surface area contributed by atoms with Crippen LogP contribution in [0.5, 0.6) is 0 Å². The molecule has 2 rings (SSSR count). The number of nitrogens with zero attached hydrogens (tertiary/aromatic N) is 1. The van der Waals surface area contributed by atoms with Gasteiger partial charge in [0, 0.05) is 23.2 Å². The number of aryl methyl sites for hydroxylation is 1. The highest BCUT2D eigenvalue weighted by molar-refractivity contribution is 5.92. The summed E-state index contributed by atoms with van der Waals surface area (Å²) in [5, 5.41) is 13.2. The molecule has 0 aliphatic carbocycles. The number of rotatable bonds is 2. The Morgan fingerprint density at radius 1 is 1.47 bits per heavy atom. The van der Waals surface area contributed by atoms with Gasteiger partial charge in [0.1, 0.15) is 0 Å². The molecule has 1 amide bonds. The van der Waals surface area contributed by atoms with Crippen LogP contribution in [0.1, 0.15) is 31.0 Å². The maximum atomic E-state index is 12.1. The number of piperidine rings is 1. The van der Waals surface area contributed by atoms with E-state index >= 15 is 0 Å². The molecule has 1 fully saturated rings. The summed E-state index contributed by atoms with van der Waals surface area (Å²) >= 11 is 0. The molecular formula is C12H20N4O. The van der Waals surface area contributed by atoms with E-state index < -0.39 is 0 Å². The second kappa shape index (κ2) is 4.87. The van der Waals surface area contributed by atoms with E-state index in [1.807, 2.05) is 13.8 Å². The Morgan fingerprint density at radius 3 is 2.82 bits per heavy atom. The highest BCUT2D eigenvalue weighted by Gasteiger charge is 2.25. The van der Waals surface area contributed by atoms with Crippen molar-refractivity contribution in [2.75, 3.05) is 11.9 Å². The van der Waals surface area contributed by atoms with Gasteiger partial charge in [0.25, 0.3) is 0 Å². The molecule has 3 N–H and O–H groups in total. The van der Waals surface area contributed by atoms with Gasteiger partial charge in [0.05, 0.1) is 0 Å². The van der Waals surface area contributed by atoms with Crippen LogP contribution in [-0.2, 0) is 4.79 Å². The summed E-state index contributed by atoms with van der Waals surface area (Å²) in [5.41, 5.74) is 2.01. The van der Waals surface area contributed by atoms with Crippen molar-refractivity contribution in [1.29, 1.82) is 0 Å². The predicted molar refractivity (Wildman–Crippen MR) is 66.9 cm³/mol. The van der Waals surface area contributed by atoms with Crippen LogP contribution in [0.4, 0.5) is 5.82 Å². The number of H-pyrrole nitrogens is 1. The molecule has 0 saturated carbocycles. The van der Waals surface area contributed by atoms with E-state index in [0.29, 0.717) is 11.9 Å². The van der Waals surface area contributed by atoms with E-state index in [2.05, 4.69) is 27.8 Å². The van der Waals surface area contributed by atoms with Gasteiger partial charge in [-0.3, -0.25) is 9.89 Å². The number of aromatic nitrogens is 2. The third kappa shape index (κ3) is 2.66. The van der Waals surface area contributed by atoms with Gasteiger partial charge in [-0.1, -0.05) is 0 Å². The third-order valence-corrected chi connectivity index (χ3v) is 3.49. The predicted octanol–water partition coefficient (Wildman–Crippen LogP) is 1.35. The molecule has 17 heavy (non-hydrogen) atoms. The van der Waals surface area contributed by atoms with Gasteiger partial charge in [-0.2, -0.15) is 5.10 Å². The fraction of sp³-hybridized carbons (Fsp3) is 0.667. The summed E-state index contributed by atoms with van der Waals surface area (Å²) in [4.78, 5) is 12.1. The van der Waals surface area contributed by atoms with Crippen LogP contribution in [0, 0.1) is 19.8 Å². The minimum atomic E-state index is 0.0907. The van der Waals surface area contributed by atoms with E-state index in [0.717, 1.165) is 30.6 Å². The minimum absolute atomic E-state index is 0.0907. The first-order valence-corrected chi connectivity index (χ1v) is 6.13. The number of carbonyl (C=O) groups is 1. The van der Waals surface area contributed by atoms with Crippen molar-refractivity contribution in [2.45, 2.75) is 39.7 Å². The molecule has 2 heterocycles. The average molecular weight is 236 g/mol. The Balaban J connectivity index is 1.99. The van der Waals surface area contributed by atoms with E-state index in [9.17, 15) is 4.79 Å². The van der Waals surface area contributed by atoms with Crippen molar-refractivity contribution in [2.24, 2.45) is 5.92 Å². The van der Waals surface area contributed by atoms with Crippen LogP contribution >= 0.6 is 0 Å². The Kier molecular flexibility index (Phi) is 3.47. The molecule has 0 radical (unpaired) electrons. The molecule has 2 atom stereocenters. The van der Waals surface area contributed by atoms with Gasteiger partial charge < -0.3 is 10.6 Å². The smallest absolute Gasteiger partial charge is 0.228 e. The largest absolute Gasteiger partial charge is 0.314 e. The van der Waals surface area contributed by atoms with Gasteiger partial charge in [-0.25, -0.2) is 0 Å². The molecule has 5 heteroatoms. The van der Waals surface area contributed by atoms with Crippen molar-refractivity contribution in [3.63, 3.8) is 0 Å². The highest BCUT2D eigenvalue weighted by atomic mass is 16.2. The summed E-state index contributed by atoms with van der Waals surface area (Å²) in [6, 6.07) is 0.418. The van der Waals surface area contributed by atoms with Crippen LogP contribution in [0.25, 0.3) is 0 Å². The first kappa shape index (κ1) is 12.1. The van der Waals surface area contributed by atoms with Gasteiger partial charge in [0.15, 0.2) is 5.82 Å². The number of anilines is 1. The Morgan fingerprint density at radius 2 is 2.24 bits per heavy atom. The number of hydrogen-bond acceptors (Lipinski definition) is 3. The number of hydrogen-bond donors (Lipinski definition) is 3. The molecule has 1 aliphatic rings. The monoisotopic (exact) mass is 236 g/mol. The van der Waals surface area contributed by atoms with Crippen LogP contribution in [0.15, 0.2) is 0 Å². The molecule has 2 unspecified atom stereocenters. The summed E-state index contributed by atoms with van der Waals surface area (Å²) in [6.07, 6.45) is 1.80. The van der Waals surface area contributed by atoms with E-state index in [1.165, 1.54) is 0 Å². The molecule has 0 bridgehead atoms. The highest BCUT2D eigenvalue weighted by Crippen LogP contribution is 2.20. The zero-order chi connectivity index (χ0) is 12.4. The SMILES string of the molecule is Cc1[nH]nc(NC(=O)C2CCNC(C)C2)c1C. The first-order valence-electron chi connectivity index (χ1n) is 6.13. The van der Waals surface area contributed by atoms with Gasteiger partial charge in [0.2, 0.25) is 5.91 Å². The standard InChI is InChI=1S/C12H20N4O/c1-7-6-10(4-5-13-7)12(17)14-11-8(2)9(3)15-16-11/h7,10,13H,4-6H2,1-3H3,(H2,14,15,16,17). The number of aromatic amines is 1. The fourth-order valence-electron chi connectivity index (χ4n) is 2.20. The van der Waals surface area contributed by atoms with Crippen LogP contribution < -0.4 is 10.6 Å². The minimum Gasteiger partial charge on any atom is -0.314 e. The third-order valence-electron chi connectivity index (χ3n) is 3.49. The number of amides is 1. The molecule has 5 nitrogen and oxygen atoms in total. The molecule has 1 aromatic rings. The number of nitrogens with one attached hydrogen (secondary N) is 3. The molecule has 94 valence electrons. The maximum Gasteiger partial charge on any atom is 0.228 e. The molecule has 0 aromatic carbocycles. The quantitative estimate of drug-likeness (QED) is 0.726. The summed E-state index contributed by atoms with van der Waals surface area (Å²) in [6.45, 7) is 6.94. The second-order valence-corrected chi connectivity index (χ2v) is 4.89. The Bertz CT molecular complexity index is 413. The topological polar surface area (TPSA) is 69.8 Å². The van der Waals surface area contributed by atoms with Gasteiger partial charge in [-0.05, 0) is 40.2 Å². The molecule has 1 saturated heterocycles. The molecule has 0 spiro atoms. The molecular weight excluding hydrogens is 216 g/mol. The number of carbonyl (C=O) groups excluding carboxylic acids is 1. The van der Waals surface area contributed by atoms with Crippen LogP contribution in [-0.4, -0.2) is 28.7 Å². The summed E-state index contributed by atoms with van der Waals surface area (Å²) < 4.78 is 0. The molecule has 1 aromatic heterocycles. The zero-order valence-corrected chi connectivity index (χ0v) is 10.6. The lowest BCUT2D eigenvalue weighted by atomic mass is 9.92. The van der Waals surface area contributed by atoms with Crippen molar-refractivity contribution < 1.29 is 4.79 Å². The van der Waals surface area contributed by atoms with E-state index in [-0.39, 0.29) is 11.8 Å². The summed E-state index contributed by atoms with van der Waals surface area (Å²) in [5.74, 6) is 0.856. The second-order valence-electron chi connectivity index (χ2n) is 4.89. The van der Waals surface area contributed by atoms with Crippen molar-refractivity contribution >= 4 is 11.7 Å². The Hall–Kier alpha value is -1.36. The molecule has 1 aliphatic heterocycles. The van der Waals surface area contributed by atoms with Gasteiger partial charge >= 0.3 is 0 Å². The Labute approximate surface area is 101 Å². The lowest BCUT2D eigenvalue weighted by Gasteiger charge is -2.26. The van der Waals surface area contributed by atoms with Crippen molar-refractivity contribution in [3.05, 3.63) is 11.3 Å². The first-order chi connectivity index (χ1) is 8.08. The lowest BCUT2D eigenvalue weighted by Crippen LogP contribution is -2.40. The van der Waals surface area contributed by atoms with Crippen molar-refractivity contribution in [3.8, 4) is 0 Å². The van der Waals surface area contributed by atoms with Crippen LogP contribution in [0.2, 0.25) is 0 Å². The van der Waals surface area contributed by atoms with Crippen LogP contribution in [0.3, 0.4) is 0 Å². The van der Waals surface area contributed by atoms with Crippen molar-refractivity contribution in [1.82, 2.24) is 15.5 Å². The zero-order valence-electron chi connectivity index (χ0n) is 10.6. The summed E-state index contributed by atoms with van der Waals surface area (Å²) in [7, 11) is 0. The maximum absolute atomic E-state index is 12.1. The van der Waals surface area contributed by atoms with E-state index in [4.69, 9.17) is 0 Å². The van der Waals surface area contributed by atoms with E-state index in [1.54, 1.807) is 0 Å². The normalized spacial score (nSPS) is 24.6. The lowest BCUT2D eigenvalue weighted by molar-refractivity contribution is -0.120. The average Bonchev–Trinajstić information content (AvgIpc) is 2.61.